The minimum absolute atomic E-state index is 0.199. The molecule has 0 fully saturated rings. The predicted octanol–water partition coefficient (Wildman–Crippen LogP) is 0.633. The van der Waals surface area contributed by atoms with Crippen LogP contribution in [0.5, 0.6) is 0 Å². The minimum Gasteiger partial charge on any atom is -0.480 e. The van der Waals surface area contributed by atoms with Gasteiger partial charge in [-0.05, 0) is 13.3 Å². The lowest BCUT2D eigenvalue weighted by atomic mass is 10.1. The van der Waals surface area contributed by atoms with Crippen LogP contribution in [-0.4, -0.2) is 37.6 Å². The molecule has 0 aliphatic rings. The highest BCUT2D eigenvalue weighted by Crippen LogP contribution is 2.05. The number of aryl methyl sites for hydroxylation is 1. The number of carbonyl (C=O) groups is 2. The summed E-state index contributed by atoms with van der Waals surface area (Å²) >= 11 is 0. The van der Waals surface area contributed by atoms with E-state index in [1.54, 1.807) is 19.2 Å². The zero-order valence-electron chi connectivity index (χ0n) is 13.1. The fraction of sp³-hybridized carbons (Fsp3) is 0.467. The normalized spacial score (nSPS) is 12.3. The Labute approximate surface area is 132 Å². The van der Waals surface area contributed by atoms with E-state index in [9.17, 15) is 14.4 Å². The number of hydrogen-bond donors (Lipinski definition) is 3. The molecule has 1 amide bonds. The molecule has 124 valence electrons. The SMILES string of the molecule is CCCC[C@H](NC(=O)Cc1c(C)nc2cc[nH]n2c1=O)C(=O)O. The third-order valence-corrected chi connectivity index (χ3v) is 3.66. The smallest absolute Gasteiger partial charge is 0.326 e. The van der Waals surface area contributed by atoms with E-state index in [1.807, 2.05) is 6.92 Å². The van der Waals surface area contributed by atoms with Crippen molar-refractivity contribution < 1.29 is 14.7 Å². The van der Waals surface area contributed by atoms with Gasteiger partial charge in [0.05, 0.1) is 6.42 Å². The molecule has 0 unspecified atom stereocenters. The lowest BCUT2D eigenvalue weighted by Crippen LogP contribution is -2.42. The molecule has 2 aromatic heterocycles. The number of hydrogen-bond acceptors (Lipinski definition) is 4. The lowest BCUT2D eigenvalue weighted by Gasteiger charge is -2.14. The fourth-order valence-electron chi connectivity index (χ4n) is 2.38. The van der Waals surface area contributed by atoms with E-state index in [4.69, 9.17) is 5.11 Å². The highest BCUT2D eigenvalue weighted by atomic mass is 16.4. The summed E-state index contributed by atoms with van der Waals surface area (Å²) in [7, 11) is 0. The Balaban J connectivity index is 2.16. The zero-order valence-corrected chi connectivity index (χ0v) is 13.1. The van der Waals surface area contributed by atoms with Crippen LogP contribution < -0.4 is 10.9 Å². The van der Waals surface area contributed by atoms with Crippen molar-refractivity contribution in [2.75, 3.05) is 0 Å². The summed E-state index contributed by atoms with van der Waals surface area (Å²) < 4.78 is 1.25. The summed E-state index contributed by atoms with van der Waals surface area (Å²) in [6.45, 7) is 3.60. The number of nitrogens with one attached hydrogen (secondary N) is 2. The van der Waals surface area contributed by atoms with Gasteiger partial charge in [0.25, 0.3) is 5.56 Å². The summed E-state index contributed by atoms with van der Waals surface area (Å²) in [5.74, 6) is -1.57. The van der Waals surface area contributed by atoms with Gasteiger partial charge in [0.15, 0.2) is 5.65 Å². The zero-order chi connectivity index (χ0) is 17.0. The first kappa shape index (κ1) is 16.7. The molecule has 0 saturated heterocycles. The van der Waals surface area contributed by atoms with Crippen LogP contribution in [0.3, 0.4) is 0 Å². The molecule has 23 heavy (non-hydrogen) atoms. The molecule has 0 saturated carbocycles. The second kappa shape index (κ2) is 7.08. The maximum atomic E-state index is 12.3. The monoisotopic (exact) mass is 320 g/mol. The van der Waals surface area contributed by atoms with Crippen molar-refractivity contribution in [2.45, 2.75) is 45.6 Å². The van der Waals surface area contributed by atoms with Gasteiger partial charge in [-0.15, -0.1) is 0 Å². The van der Waals surface area contributed by atoms with Gasteiger partial charge in [0.2, 0.25) is 5.91 Å². The Bertz CT molecular complexity index is 777. The Hall–Kier alpha value is -2.64. The standard InChI is InChI=1S/C15H20N4O4/c1-3-4-5-11(15(22)23)18-13(20)8-10-9(2)17-12-6-7-16-19(12)14(10)21/h6-7,11,16H,3-5,8H2,1-2H3,(H,18,20)(H,22,23)/t11-/m0/s1. The van der Waals surface area contributed by atoms with E-state index in [0.29, 0.717) is 24.2 Å². The number of carbonyl (C=O) groups excluding carboxylic acids is 1. The number of carboxylic acid groups (broad SMARTS) is 1. The maximum Gasteiger partial charge on any atom is 0.326 e. The molecule has 0 aliphatic carbocycles. The van der Waals surface area contributed by atoms with E-state index in [2.05, 4.69) is 15.4 Å². The van der Waals surface area contributed by atoms with Gasteiger partial charge < -0.3 is 10.4 Å². The average molecular weight is 320 g/mol. The van der Waals surface area contributed by atoms with Gasteiger partial charge >= 0.3 is 5.97 Å². The molecule has 0 aromatic carbocycles. The van der Waals surface area contributed by atoms with Crippen LogP contribution in [0.4, 0.5) is 0 Å². The summed E-state index contributed by atoms with van der Waals surface area (Å²) in [4.78, 5) is 39.9. The topological polar surface area (TPSA) is 117 Å². The van der Waals surface area contributed by atoms with Gasteiger partial charge in [-0.25, -0.2) is 14.3 Å². The van der Waals surface area contributed by atoms with Gasteiger partial charge in [-0.1, -0.05) is 19.8 Å². The number of rotatable bonds is 7. The van der Waals surface area contributed by atoms with Crippen molar-refractivity contribution >= 4 is 17.5 Å². The number of fused-ring (bicyclic) bond motifs is 1. The van der Waals surface area contributed by atoms with Gasteiger partial charge in [0.1, 0.15) is 6.04 Å². The molecule has 2 rings (SSSR count). The van der Waals surface area contributed by atoms with Crippen molar-refractivity contribution in [3.63, 3.8) is 0 Å². The number of unbranched alkanes of at least 4 members (excludes halogenated alkanes) is 1. The van der Waals surface area contributed by atoms with Crippen molar-refractivity contribution in [3.8, 4) is 0 Å². The summed E-state index contributed by atoms with van der Waals surface area (Å²) in [5.41, 5.74) is 0.836. The van der Waals surface area contributed by atoms with E-state index >= 15 is 0 Å². The second-order valence-corrected chi connectivity index (χ2v) is 5.41. The molecule has 0 radical (unpaired) electrons. The molecule has 8 nitrogen and oxygen atoms in total. The van der Waals surface area contributed by atoms with Crippen LogP contribution in [0.2, 0.25) is 0 Å². The van der Waals surface area contributed by atoms with Crippen molar-refractivity contribution in [3.05, 3.63) is 33.9 Å². The number of carboxylic acids is 1. The van der Waals surface area contributed by atoms with Gasteiger partial charge in [0, 0.05) is 23.5 Å². The van der Waals surface area contributed by atoms with Gasteiger partial charge in [-0.2, -0.15) is 0 Å². The third-order valence-electron chi connectivity index (χ3n) is 3.66. The third kappa shape index (κ3) is 3.77. The van der Waals surface area contributed by atoms with Gasteiger partial charge in [-0.3, -0.25) is 14.7 Å². The summed E-state index contributed by atoms with van der Waals surface area (Å²) in [6.07, 6.45) is 3.29. The van der Waals surface area contributed by atoms with Crippen LogP contribution in [0.25, 0.3) is 5.65 Å². The average Bonchev–Trinajstić information content (AvgIpc) is 2.95. The Morgan fingerprint density at radius 2 is 2.22 bits per heavy atom. The first-order valence-electron chi connectivity index (χ1n) is 7.51. The molecular formula is C15H20N4O4. The first-order valence-corrected chi connectivity index (χ1v) is 7.51. The van der Waals surface area contributed by atoms with Crippen molar-refractivity contribution in [1.29, 1.82) is 0 Å². The van der Waals surface area contributed by atoms with Crippen LogP contribution in [0, 0.1) is 6.92 Å². The summed E-state index contributed by atoms with van der Waals surface area (Å²) in [6, 6.07) is 0.719. The minimum atomic E-state index is -1.07. The molecule has 3 N–H and O–H groups in total. The number of H-pyrrole nitrogens is 1. The Morgan fingerprint density at radius 3 is 2.87 bits per heavy atom. The first-order chi connectivity index (χ1) is 10.9. The molecule has 2 heterocycles. The van der Waals surface area contributed by atoms with Crippen LogP contribution in [-0.2, 0) is 16.0 Å². The quantitative estimate of drug-likeness (QED) is 0.692. The predicted molar refractivity (Wildman–Crippen MR) is 83.3 cm³/mol. The van der Waals surface area contributed by atoms with Crippen LogP contribution in [0.15, 0.2) is 17.1 Å². The molecule has 0 aliphatic heterocycles. The van der Waals surface area contributed by atoms with E-state index in [1.165, 1.54) is 4.52 Å². The maximum absolute atomic E-state index is 12.3. The number of amides is 1. The molecular weight excluding hydrogens is 300 g/mol. The van der Waals surface area contributed by atoms with Crippen LogP contribution in [0.1, 0.15) is 37.4 Å². The van der Waals surface area contributed by atoms with E-state index in [-0.39, 0.29) is 17.5 Å². The fourth-order valence-corrected chi connectivity index (χ4v) is 2.38. The molecule has 0 spiro atoms. The molecule has 2 aromatic rings. The molecule has 1 atom stereocenters. The molecule has 8 heteroatoms. The summed E-state index contributed by atoms with van der Waals surface area (Å²) in [5, 5.41) is 14.3. The highest BCUT2D eigenvalue weighted by Gasteiger charge is 2.21. The number of aromatic amines is 1. The molecule has 0 bridgehead atoms. The van der Waals surface area contributed by atoms with Crippen LogP contribution >= 0.6 is 0 Å². The number of aliphatic carboxylic acids is 1. The Morgan fingerprint density at radius 1 is 1.48 bits per heavy atom. The second-order valence-electron chi connectivity index (χ2n) is 5.41. The van der Waals surface area contributed by atoms with E-state index < -0.39 is 17.9 Å². The highest BCUT2D eigenvalue weighted by molar-refractivity contribution is 5.84. The number of nitrogens with zero attached hydrogens (tertiary/aromatic N) is 2. The number of aromatic nitrogens is 3. The van der Waals surface area contributed by atoms with E-state index in [0.717, 1.165) is 6.42 Å². The Kier molecular flexibility index (Phi) is 5.15. The largest absolute Gasteiger partial charge is 0.480 e. The van der Waals surface area contributed by atoms with Crippen molar-refractivity contribution in [2.24, 2.45) is 0 Å². The van der Waals surface area contributed by atoms with Crippen molar-refractivity contribution in [1.82, 2.24) is 19.9 Å². The lowest BCUT2D eigenvalue weighted by molar-refractivity contribution is -0.142.